The van der Waals surface area contributed by atoms with Crippen molar-refractivity contribution in [3.8, 4) is 0 Å². The molecule has 1 aliphatic heterocycles. The standard InChI is InChI=1S/C17H10N2O2/c20-16-12-6-2-1-5-11(12)15-14-10(4-3-7-13(14)16)8-9-18-17(21)19-15/h1-9H,(H,18,19,21). The molecule has 4 nitrogen and oxygen atoms in total. The number of carbonyl (C=O) groups excluding carboxylic acids is 2. The third-order valence-electron chi connectivity index (χ3n) is 3.69. The Balaban J connectivity index is 2.14. The van der Waals surface area contributed by atoms with E-state index in [1.54, 1.807) is 24.4 Å². The van der Waals surface area contributed by atoms with Crippen LogP contribution in [0.4, 0.5) is 4.79 Å². The van der Waals surface area contributed by atoms with Crippen LogP contribution in [0.15, 0.2) is 53.7 Å². The topological polar surface area (TPSA) is 58.5 Å². The van der Waals surface area contributed by atoms with Gasteiger partial charge in [-0.1, -0.05) is 42.5 Å². The molecule has 21 heavy (non-hydrogen) atoms. The third-order valence-corrected chi connectivity index (χ3v) is 3.69. The average Bonchev–Trinajstić information content (AvgIpc) is 2.49. The molecule has 1 N–H and O–H groups in total. The summed E-state index contributed by atoms with van der Waals surface area (Å²) in [5.41, 5.74) is 4.02. The molecule has 4 rings (SSSR count). The Kier molecular flexibility index (Phi) is 2.38. The molecule has 2 aliphatic rings. The first-order chi connectivity index (χ1) is 10.3. The SMILES string of the molecule is O=C1/N=C2/c3ccccc3C(=O)c3cccc(c32)/C=C\N1. The van der Waals surface area contributed by atoms with E-state index in [0.29, 0.717) is 22.4 Å². The maximum Gasteiger partial charge on any atom is 0.345 e. The van der Waals surface area contributed by atoms with Crippen LogP contribution in [0.25, 0.3) is 6.08 Å². The van der Waals surface area contributed by atoms with Crippen molar-refractivity contribution >= 4 is 23.6 Å². The summed E-state index contributed by atoms with van der Waals surface area (Å²) >= 11 is 0. The molecule has 2 amide bonds. The fraction of sp³-hybridized carbons (Fsp3) is 0. The molecule has 0 spiro atoms. The zero-order valence-electron chi connectivity index (χ0n) is 11.0. The van der Waals surface area contributed by atoms with Gasteiger partial charge in [0.1, 0.15) is 0 Å². The highest BCUT2D eigenvalue weighted by molar-refractivity contribution is 6.32. The van der Waals surface area contributed by atoms with Gasteiger partial charge in [-0.05, 0) is 11.6 Å². The lowest BCUT2D eigenvalue weighted by atomic mass is 9.81. The third kappa shape index (κ3) is 1.66. The second kappa shape index (κ2) is 4.24. The van der Waals surface area contributed by atoms with Gasteiger partial charge in [0.25, 0.3) is 0 Å². The minimum atomic E-state index is -0.439. The molecule has 0 radical (unpaired) electrons. The Morgan fingerprint density at radius 1 is 0.857 bits per heavy atom. The van der Waals surface area contributed by atoms with E-state index in [0.717, 1.165) is 11.1 Å². The monoisotopic (exact) mass is 274 g/mol. The predicted octanol–water partition coefficient (Wildman–Crippen LogP) is 2.76. The minimum Gasteiger partial charge on any atom is -0.313 e. The Hall–Kier alpha value is -3.01. The van der Waals surface area contributed by atoms with Crippen LogP contribution in [0.2, 0.25) is 0 Å². The maximum atomic E-state index is 12.6. The number of aliphatic imine (C=N–C) groups is 1. The van der Waals surface area contributed by atoms with Crippen LogP contribution in [0, 0.1) is 0 Å². The molecule has 4 heteroatoms. The van der Waals surface area contributed by atoms with Gasteiger partial charge in [-0.15, -0.1) is 0 Å². The van der Waals surface area contributed by atoms with Gasteiger partial charge in [0, 0.05) is 28.5 Å². The lowest BCUT2D eigenvalue weighted by Crippen LogP contribution is -2.26. The molecule has 100 valence electrons. The van der Waals surface area contributed by atoms with Gasteiger partial charge in [0.05, 0.1) is 5.71 Å². The molecule has 0 saturated carbocycles. The van der Waals surface area contributed by atoms with E-state index in [-0.39, 0.29) is 5.78 Å². The normalized spacial score (nSPS) is 19.3. The van der Waals surface area contributed by atoms with E-state index < -0.39 is 6.03 Å². The van der Waals surface area contributed by atoms with Crippen molar-refractivity contribution in [3.63, 3.8) is 0 Å². The number of amides is 2. The van der Waals surface area contributed by atoms with E-state index >= 15 is 0 Å². The molecule has 0 fully saturated rings. The quantitative estimate of drug-likeness (QED) is 0.685. The Morgan fingerprint density at radius 3 is 2.48 bits per heavy atom. The Bertz CT molecular complexity index is 863. The van der Waals surface area contributed by atoms with Crippen molar-refractivity contribution in [3.05, 3.63) is 76.5 Å². The number of fused-ring (bicyclic) bond motifs is 2. The van der Waals surface area contributed by atoms with Crippen molar-refractivity contribution in [2.45, 2.75) is 0 Å². The van der Waals surface area contributed by atoms with E-state index in [1.807, 2.05) is 30.3 Å². The number of rotatable bonds is 0. The zero-order chi connectivity index (χ0) is 14.4. The summed E-state index contributed by atoms with van der Waals surface area (Å²) in [5, 5.41) is 2.58. The summed E-state index contributed by atoms with van der Waals surface area (Å²) in [6, 6.07) is 12.3. The van der Waals surface area contributed by atoms with Crippen molar-refractivity contribution in [2.75, 3.05) is 0 Å². The Labute approximate surface area is 120 Å². The first-order valence-electron chi connectivity index (χ1n) is 6.59. The molecule has 0 aromatic heterocycles. The Morgan fingerprint density at radius 2 is 1.62 bits per heavy atom. The second-order valence-corrected chi connectivity index (χ2v) is 4.89. The summed E-state index contributed by atoms with van der Waals surface area (Å²) < 4.78 is 0. The van der Waals surface area contributed by atoms with Crippen LogP contribution in [0.5, 0.6) is 0 Å². The van der Waals surface area contributed by atoms with E-state index in [9.17, 15) is 9.59 Å². The number of urea groups is 1. The fourth-order valence-electron chi connectivity index (χ4n) is 2.78. The first-order valence-corrected chi connectivity index (χ1v) is 6.59. The summed E-state index contributed by atoms with van der Waals surface area (Å²) in [5.74, 6) is -0.0317. The van der Waals surface area contributed by atoms with Gasteiger partial charge >= 0.3 is 6.03 Å². The molecule has 2 aromatic carbocycles. The molecule has 0 atom stereocenters. The minimum absolute atomic E-state index is 0.0317. The first kappa shape index (κ1) is 11.8. The summed E-state index contributed by atoms with van der Waals surface area (Å²) in [7, 11) is 0. The number of nitrogens with one attached hydrogen (secondary N) is 1. The summed E-state index contributed by atoms with van der Waals surface area (Å²) in [4.78, 5) is 28.6. The van der Waals surface area contributed by atoms with Crippen LogP contribution >= 0.6 is 0 Å². The number of ketones is 1. The molecule has 1 heterocycles. The predicted molar refractivity (Wildman–Crippen MR) is 79.5 cm³/mol. The van der Waals surface area contributed by atoms with Crippen LogP contribution in [-0.2, 0) is 0 Å². The lowest BCUT2D eigenvalue weighted by molar-refractivity contribution is 0.103. The molecule has 2 aromatic rings. The highest BCUT2D eigenvalue weighted by Gasteiger charge is 2.30. The molecular formula is C17H10N2O2. The highest BCUT2D eigenvalue weighted by Crippen LogP contribution is 2.31. The lowest BCUT2D eigenvalue weighted by Gasteiger charge is -2.22. The van der Waals surface area contributed by atoms with Gasteiger partial charge in [0.2, 0.25) is 0 Å². The molecule has 0 unspecified atom stereocenters. The molecule has 0 saturated heterocycles. The molecular weight excluding hydrogens is 264 g/mol. The van der Waals surface area contributed by atoms with Gasteiger partial charge in [-0.3, -0.25) is 4.79 Å². The van der Waals surface area contributed by atoms with Crippen molar-refractivity contribution in [1.82, 2.24) is 5.32 Å². The second-order valence-electron chi connectivity index (χ2n) is 4.89. The van der Waals surface area contributed by atoms with Gasteiger partial charge in [0.15, 0.2) is 5.78 Å². The summed E-state index contributed by atoms with van der Waals surface area (Å²) in [6.45, 7) is 0. The van der Waals surface area contributed by atoms with E-state index in [1.165, 1.54) is 0 Å². The van der Waals surface area contributed by atoms with Crippen LogP contribution in [0.1, 0.15) is 32.6 Å². The molecule has 0 bridgehead atoms. The number of hydrogen-bond donors (Lipinski definition) is 1. The average molecular weight is 274 g/mol. The summed E-state index contributed by atoms with van der Waals surface area (Å²) in [6.07, 6.45) is 3.33. The van der Waals surface area contributed by atoms with Gasteiger partial charge < -0.3 is 5.32 Å². The van der Waals surface area contributed by atoms with Crippen molar-refractivity contribution in [2.24, 2.45) is 4.99 Å². The molecule has 1 aliphatic carbocycles. The largest absolute Gasteiger partial charge is 0.345 e. The van der Waals surface area contributed by atoms with Crippen molar-refractivity contribution in [1.29, 1.82) is 0 Å². The maximum absolute atomic E-state index is 12.6. The fourth-order valence-corrected chi connectivity index (χ4v) is 2.78. The number of nitrogens with zero attached hydrogens (tertiary/aromatic N) is 1. The number of carbonyl (C=O) groups is 2. The van der Waals surface area contributed by atoms with Gasteiger partial charge in [-0.2, -0.15) is 4.99 Å². The number of benzene rings is 2. The van der Waals surface area contributed by atoms with Crippen LogP contribution in [-0.4, -0.2) is 17.5 Å². The van der Waals surface area contributed by atoms with Crippen molar-refractivity contribution < 1.29 is 9.59 Å². The van der Waals surface area contributed by atoms with E-state index in [2.05, 4.69) is 10.3 Å². The van der Waals surface area contributed by atoms with Crippen LogP contribution in [0.3, 0.4) is 0 Å². The van der Waals surface area contributed by atoms with Gasteiger partial charge in [-0.25, -0.2) is 4.79 Å². The van der Waals surface area contributed by atoms with E-state index in [4.69, 9.17) is 0 Å². The van der Waals surface area contributed by atoms with Crippen LogP contribution < -0.4 is 5.32 Å². The zero-order valence-corrected chi connectivity index (χ0v) is 11.0. The number of hydrogen-bond acceptors (Lipinski definition) is 2. The highest BCUT2D eigenvalue weighted by atomic mass is 16.2. The smallest absolute Gasteiger partial charge is 0.313 e.